The Labute approximate surface area is 128 Å². The summed E-state index contributed by atoms with van der Waals surface area (Å²) >= 11 is 0. The largest absolute Gasteiger partial charge is 0.395 e. The Kier molecular flexibility index (Phi) is 6.19. The van der Waals surface area contributed by atoms with Crippen LogP contribution in [0.2, 0.25) is 0 Å². The van der Waals surface area contributed by atoms with Crippen molar-refractivity contribution in [2.45, 2.75) is 31.7 Å². The first kappa shape index (κ1) is 16.9. The highest BCUT2D eigenvalue weighted by molar-refractivity contribution is 7.86. The maximum Gasteiger partial charge on any atom is 0.282 e. The van der Waals surface area contributed by atoms with Crippen LogP contribution in [0, 0.1) is 5.92 Å². The first-order chi connectivity index (χ1) is 10.1. The van der Waals surface area contributed by atoms with E-state index in [1.807, 2.05) is 0 Å². The molecule has 2 rings (SSSR count). The van der Waals surface area contributed by atoms with Gasteiger partial charge >= 0.3 is 0 Å². The summed E-state index contributed by atoms with van der Waals surface area (Å²) in [6.45, 7) is 5.83. The highest BCUT2D eigenvalue weighted by atomic mass is 32.2. The fourth-order valence-electron chi connectivity index (χ4n) is 2.74. The Hall–Kier alpha value is -0.470. The Balaban J connectivity index is 1.94. The number of aliphatic hydroxyl groups is 1. The Morgan fingerprint density at radius 1 is 1.38 bits per heavy atom. The average Bonchev–Trinajstić information content (AvgIpc) is 3.29. The molecule has 0 aromatic heterocycles. The maximum absolute atomic E-state index is 12.6. The number of nitrogens with zero attached hydrogens (tertiary/aromatic N) is 2. The van der Waals surface area contributed by atoms with Crippen molar-refractivity contribution in [2.75, 3.05) is 39.3 Å². The molecule has 122 valence electrons. The fraction of sp³-hybridized carbons (Fsp3) is 0.857. The third-order valence-corrected chi connectivity index (χ3v) is 6.06. The second-order valence-corrected chi connectivity index (χ2v) is 7.86. The van der Waals surface area contributed by atoms with Crippen LogP contribution in [-0.2, 0) is 10.2 Å². The van der Waals surface area contributed by atoms with E-state index in [1.54, 1.807) is 10.4 Å². The molecule has 2 N–H and O–H groups in total. The van der Waals surface area contributed by atoms with Gasteiger partial charge in [0, 0.05) is 32.2 Å². The lowest BCUT2D eigenvalue weighted by Crippen LogP contribution is -2.50. The van der Waals surface area contributed by atoms with Gasteiger partial charge in [-0.05, 0) is 38.1 Å². The van der Waals surface area contributed by atoms with Gasteiger partial charge in [0.25, 0.3) is 10.2 Å². The van der Waals surface area contributed by atoms with Gasteiger partial charge in [-0.15, -0.1) is 6.58 Å². The molecule has 0 spiro atoms. The molecule has 21 heavy (non-hydrogen) atoms. The van der Waals surface area contributed by atoms with Crippen LogP contribution in [0.5, 0.6) is 0 Å². The van der Waals surface area contributed by atoms with Crippen LogP contribution >= 0.6 is 0 Å². The number of piperidine rings is 1. The van der Waals surface area contributed by atoms with Gasteiger partial charge in [-0.1, -0.05) is 6.08 Å². The molecule has 7 heteroatoms. The fourth-order valence-corrected chi connectivity index (χ4v) is 4.44. The molecule has 2 aliphatic rings. The third kappa shape index (κ3) is 4.75. The van der Waals surface area contributed by atoms with Gasteiger partial charge in [0.2, 0.25) is 0 Å². The molecular formula is C14H27N3O3S. The van der Waals surface area contributed by atoms with E-state index < -0.39 is 10.2 Å². The van der Waals surface area contributed by atoms with Crippen LogP contribution in [0.1, 0.15) is 25.7 Å². The number of nitrogens with one attached hydrogen (secondary N) is 1. The number of rotatable bonds is 9. The molecule has 1 atom stereocenters. The molecule has 1 heterocycles. The monoisotopic (exact) mass is 317 g/mol. The average molecular weight is 317 g/mol. The molecule has 0 aromatic carbocycles. The minimum absolute atomic E-state index is 0.121. The summed E-state index contributed by atoms with van der Waals surface area (Å²) in [5, 5.41) is 12.5. The molecule has 0 amide bonds. The maximum atomic E-state index is 12.6. The van der Waals surface area contributed by atoms with Crippen molar-refractivity contribution in [3.05, 3.63) is 12.7 Å². The zero-order chi connectivity index (χ0) is 15.3. The Morgan fingerprint density at radius 2 is 2.14 bits per heavy atom. The van der Waals surface area contributed by atoms with Crippen molar-refractivity contribution in [3.63, 3.8) is 0 Å². The van der Waals surface area contributed by atoms with Crippen molar-refractivity contribution < 1.29 is 13.5 Å². The molecule has 0 aromatic rings. The summed E-state index contributed by atoms with van der Waals surface area (Å²) in [5.41, 5.74) is 0. The Morgan fingerprint density at radius 3 is 2.76 bits per heavy atom. The van der Waals surface area contributed by atoms with Crippen LogP contribution in [0.25, 0.3) is 0 Å². The van der Waals surface area contributed by atoms with Crippen LogP contribution in [0.4, 0.5) is 0 Å². The van der Waals surface area contributed by atoms with Crippen molar-refractivity contribution in [3.8, 4) is 0 Å². The number of hydrogen-bond donors (Lipinski definition) is 2. The second kappa shape index (κ2) is 7.69. The molecule has 1 aliphatic carbocycles. The van der Waals surface area contributed by atoms with Gasteiger partial charge in [0.15, 0.2) is 0 Å². The highest BCUT2D eigenvalue weighted by Gasteiger charge is 2.33. The highest BCUT2D eigenvalue weighted by Crippen LogP contribution is 2.23. The van der Waals surface area contributed by atoms with Gasteiger partial charge in [-0.25, -0.2) is 0 Å². The lowest BCUT2D eigenvalue weighted by Gasteiger charge is -2.35. The van der Waals surface area contributed by atoms with Crippen molar-refractivity contribution in [1.29, 1.82) is 0 Å². The quantitative estimate of drug-likeness (QED) is 0.595. The molecule has 0 radical (unpaired) electrons. The van der Waals surface area contributed by atoms with Crippen molar-refractivity contribution in [1.82, 2.24) is 13.9 Å². The standard InChI is InChI=1S/C14H27N3O3S/c1-2-7-16(9-10-18)21(19,20)17-8-3-4-13(12-17)11-15-14-5-6-14/h2,13-15,18H,1,3-12H2. The van der Waals surface area contributed by atoms with Gasteiger partial charge in [-0.2, -0.15) is 17.0 Å². The van der Waals surface area contributed by atoms with E-state index in [1.165, 1.54) is 17.1 Å². The molecule has 1 saturated heterocycles. The summed E-state index contributed by atoms with van der Waals surface area (Å²) in [6.07, 6.45) is 6.03. The predicted molar refractivity (Wildman–Crippen MR) is 83.1 cm³/mol. The summed E-state index contributed by atoms with van der Waals surface area (Å²) < 4.78 is 28.1. The number of aliphatic hydroxyl groups excluding tert-OH is 1. The first-order valence-electron chi connectivity index (χ1n) is 7.78. The minimum atomic E-state index is -3.50. The van der Waals surface area contributed by atoms with E-state index in [9.17, 15) is 8.42 Å². The molecule has 6 nitrogen and oxygen atoms in total. The lowest BCUT2D eigenvalue weighted by molar-refractivity contribution is 0.225. The molecule has 2 fully saturated rings. The SMILES string of the molecule is C=CCN(CCO)S(=O)(=O)N1CCCC(CNC2CC2)C1. The topological polar surface area (TPSA) is 72.9 Å². The van der Waals surface area contributed by atoms with E-state index in [4.69, 9.17) is 5.11 Å². The molecular weight excluding hydrogens is 290 g/mol. The van der Waals surface area contributed by atoms with Gasteiger partial charge in [-0.3, -0.25) is 0 Å². The molecule has 1 aliphatic heterocycles. The van der Waals surface area contributed by atoms with Gasteiger partial charge in [0.1, 0.15) is 0 Å². The third-order valence-electron chi connectivity index (χ3n) is 4.09. The zero-order valence-electron chi connectivity index (χ0n) is 12.6. The smallest absolute Gasteiger partial charge is 0.282 e. The van der Waals surface area contributed by atoms with E-state index >= 15 is 0 Å². The lowest BCUT2D eigenvalue weighted by atomic mass is 10.00. The molecule has 0 bridgehead atoms. The normalized spacial score (nSPS) is 24.4. The van der Waals surface area contributed by atoms with Crippen molar-refractivity contribution >= 4 is 10.2 Å². The summed E-state index contributed by atoms with van der Waals surface area (Å²) in [7, 11) is -3.50. The van der Waals surface area contributed by atoms with Crippen LogP contribution < -0.4 is 5.32 Å². The summed E-state index contributed by atoms with van der Waals surface area (Å²) in [5.74, 6) is 0.383. The van der Waals surface area contributed by atoms with E-state index in [-0.39, 0.29) is 19.7 Å². The molecule has 1 unspecified atom stereocenters. The van der Waals surface area contributed by atoms with Crippen LogP contribution in [0.15, 0.2) is 12.7 Å². The Bertz CT molecular complexity index is 437. The molecule has 1 saturated carbocycles. The van der Waals surface area contributed by atoms with Gasteiger partial charge in [0.05, 0.1) is 6.61 Å². The van der Waals surface area contributed by atoms with E-state index in [0.717, 1.165) is 19.4 Å². The van der Waals surface area contributed by atoms with Crippen LogP contribution in [-0.4, -0.2) is 67.5 Å². The van der Waals surface area contributed by atoms with Gasteiger partial charge < -0.3 is 10.4 Å². The summed E-state index contributed by atoms with van der Waals surface area (Å²) in [6, 6.07) is 0.656. The van der Waals surface area contributed by atoms with Crippen LogP contribution in [0.3, 0.4) is 0 Å². The first-order valence-corrected chi connectivity index (χ1v) is 9.18. The van der Waals surface area contributed by atoms with E-state index in [2.05, 4.69) is 11.9 Å². The minimum Gasteiger partial charge on any atom is -0.395 e. The zero-order valence-corrected chi connectivity index (χ0v) is 13.4. The summed E-state index contributed by atoms with van der Waals surface area (Å²) in [4.78, 5) is 0. The number of hydrogen-bond acceptors (Lipinski definition) is 4. The van der Waals surface area contributed by atoms with Crippen molar-refractivity contribution in [2.24, 2.45) is 5.92 Å². The predicted octanol–water partition coefficient (Wildman–Crippen LogP) is 0.176. The van der Waals surface area contributed by atoms with E-state index in [0.29, 0.717) is 25.0 Å². The second-order valence-electron chi connectivity index (χ2n) is 5.93.